The maximum atomic E-state index is 14.1. The van der Waals surface area contributed by atoms with Gasteiger partial charge in [0.05, 0.1) is 12.3 Å². The summed E-state index contributed by atoms with van der Waals surface area (Å²) in [7, 11) is -3.30. The van der Waals surface area contributed by atoms with E-state index in [-0.39, 0.29) is 36.1 Å². The van der Waals surface area contributed by atoms with Gasteiger partial charge in [-0.2, -0.15) is 0 Å². The molecule has 2 aromatic rings. The van der Waals surface area contributed by atoms with Crippen molar-refractivity contribution in [3.63, 3.8) is 0 Å². The Balaban J connectivity index is 1.27. The normalized spacial score (nSPS) is 24.1. The van der Waals surface area contributed by atoms with Crippen LogP contribution in [0.15, 0.2) is 60.7 Å². The van der Waals surface area contributed by atoms with Gasteiger partial charge in [-0.1, -0.05) is 60.7 Å². The first-order valence-corrected chi connectivity index (χ1v) is 19.4. The van der Waals surface area contributed by atoms with Gasteiger partial charge in [-0.25, -0.2) is 12.7 Å². The smallest absolute Gasteiger partial charge is 0.246 e. The zero-order valence-electron chi connectivity index (χ0n) is 28.9. The van der Waals surface area contributed by atoms with Crippen molar-refractivity contribution in [2.75, 3.05) is 39.0 Å². The van der Waals surface area contributed by atoms with Crippen LogP contribution in [0.25, 0.3) is 0 Å². The lowest BCUT2D eigenvalue weighted by atomic mass is 10.0. The lowest BCUT2D eigenvalue weighted by Crippen LogP contribution is -2.56. The van der Waals surface area contributed by atoms with Crippen LogP contribution in [0.5, 0.6) is 0 Å². The maximum Gasteiger partial charge on any atom is 0.246 e. The molecule has 4 amide bonds. The summed E-state index contributed by atoms with van der Waals surface area (Å²) in [4.78, 5) is 58.6. The average Bonchev–Trinajstić information content (AvgIpc) is 3.75. The van der Waals surface area contributed by atoms with Crippen LogP contribution in [0.4, 0.5) is 0 Å². The lowest BCUT2D eigenvalue weighted by Gasteiger charge is -2.34. The van der Waals surface area contributed by atoms with Crippen LogP contribution in [-0.4, -0.2) is 115 Å². The molecule has 3 saturated heterocycles. The molecule has 13 nitrogen and oxygen atoms in total. The fraction of sp³-hybridized carbons (Fsp3) is 0.556. The van der Waals surface area contributed by atoms with E-state index in [2.05, 4.69) is 10.6 Å². The molecule has 3 heterocycles. The van der Waals surface area contributed by atoms with E-state index in [9.17, 15) is 27.6 Å². The van der Waals surface area contributed by atoms with Gasteiger partial charge in [0.25, 0.3) is 0 Å². The number of carbonyl (C=O) groups excluding carboxylic acids is 4. The number of rotatable bonds is 15. The van der Waals surface area contributed by atoms with E-state index in [1.165, 1.54) is 10.6 Å². The van der Waals surface area contributed by atoms with E-state index in [4.69, 9.17) is 11.5 Å². The largest absolute Gasteiger partial charge is 0.343 e. The minimum Gasteiger partial charge on any atom is -0.343 e. The highest BCUT2D eigenvalue weighted by atomic mass is 32.2. The number of carbonyl (C=O) groups is 4. The van der Waals surface area contributed by atoms with Crippen molar-refractivity contribution in [1.29, 1.82) is 0 Å². The number of hydrogen-bond donors (Lipinski definition) is 4. The third-order valence-electron chi connectivity index (χ3n) is 10.3. The molecule has 0 radical (unpaired) electrons. The Labute approximate surface area is 295 Å². The van der Waals surface area contributed by atoms with Crippen molar-refractivity contribution >= 4 is 33.7 Å². The molecule has 0 bridgehead atoms. The molecule has 6 N–H and O–H groups in total. The number of nitrogens with zero attached hydrogens (tertiary/aromatic N) is 3. The van der Waals surface area contributed by atoms with Gasteiger partial charge in [0.15, 0.2) is 0 Å². The van der Waals surface area contributed by atoms with Gasteiger partial charge in [-0.3, -0.25) is 19.2 Å². The zero-order chi connectivity index (χ0) is 36.0. The summed E-state index contributed by atoms with van der Waals surface area (Å²) in [6.07, 6.45) is 3.79. The summed E-state index contributed by atoms with van der Waals surface area (Å²) in [6, 6.07) is 14.9. The van der Waals surface area contributed by atoms with E-state index in [0.29, 0.717) is 64.8 Å². The topological polar surface area (TPSA) is 188 Å². The molecule has 50 heavy (non-hydrogen) atoms. The van der Waals surface area contributed by atoms with Crippen LogP contribution in [0.1, 0.15) is 43.7 Å². The van der Waals surface area contributed by atoms with E-state index < -0.39 is 46.0 Å². The minimum atomic E-state index is -3.30. The summed E-state index contributed by atoms with van der Waals surface area (Å²) in [5, 5.41) is 5.72. The maximum absolute atomic E-state index is 14.1. The number of unbranched alkanes of at least 4 members (excludes halogenated alkanes) is 1. The molecule has 0 saturated carbocycles. The second-order valence-electron chi connectivity index (χ2n) is 14.1. The average molecular weight is 710 g/mol. The Hall–Kier alpha value is -3.85. The van der Waals surface area contributed by atoms with Crippen LogP contribution in [-0.2, 0) is 42.0 Å². The van der Waals surface area contributed by atoms with Gasteiger partial charge in [0.2, 0.25) is 33.7 Å². The first-order valence-electron chi connectivity index (χ1n) is 17.6. The summed E-state index contributed by atoms with van der Waals surface area (Å²) >= 11 is 0. The van der Waals surface area contributed by atoms with E-state index in [1.807, 2.05) is 67.6 Å². The van der Waals surface area contributed by atoms with Gasteiger partial charge >= 0.3 is 0 Å². The van der Waals surface area contributed by atoms with Crippen molar-refractivity contribution < 1.29 is 27.6 Å². The monoisotopic (exact) mass is 709 g/mol. The second-order valence-corrected chi connectivity index (χ2v) is 16.1. The van der Waals surface area contributed by atoms with Crippen LogP contribution < -0.4 is 22.1 Å². The zero-order valence-corrected chi connectivity index (χ0v) is 29.8. The Morgan fingerprint density at radius 3 is 2.02 bits per heavy atom. The molecule has 0 aromatic heterocycles. The van der Waals surface area contributed by atoms with Crippen molar-refractivity contribution in [3.8, 4) is 0 Å². The highest BCUT2D eigenvalue weighted by Crippen LogP contribution is 2.34. The number of benzene rings is 2. The quantitative estimate of drug-likeness (QED) is 0.189. The third kappa shape index (κ3) is 9.08. The van der Waals surface area contributed by atoms with Crippen LogP contribution in [0.3, 0.4) is 0 Å². The first-order chi connectivity index (χ1) is 23.8. The summed E-state index contributed by atoms with van der Waals surface area (Å²) < 4.78 is 25.7. The van der Waals surface area contributed by atoms with Gasteiger partial charge in [0, 0.05) is 38.6 Å². The fourth-order valence-corrected chi connectivity index (χ4v) is 8.50. The molecular formula is C36H51N7O6S. The lowest BCUT2D eigenvalue weighted by molar-refractivity contribution is -0.145. The predicted octanol–water partition coefficient (Wildman–Crippen LogP) is 0.237. The molecule has 14 heteroatoms. The Morgan fingerprint density at radius 2 is 1.46 bits per heavy atom. The Morgan fingerprint density at radius 1 is 0.880 bits per heavy atom. The minimum absolute atomic E-state index is 0.0506. The molecule has 7 atom stereocenters. The van der Waals surface area contributed by atoms with Crippen molar-refractivity contribution in [2.45, 2.75) is 75.7 Å². The number of amides is 4. The standard InChI is InChI=1S/C36H51N7O6S/c1-24-17-31(40-34(45)30(19-26-13-7-4-8-14-26)39-33(44)29(38)18-25-11-5-3-6-12-25)35(46)43(24)32(15-9-10-16-37)36(47)41-20-27-22-42(50(2,48)49)23-28(27)21-41/h3-8,11-14,24,27-32H,9-10,15-23,37-38H2,1-2H3,(H,39,44)(H,40,45). The molecule has 0 spiro atoms. The van der Waals surface area contributed by atoms with E-state index in [1.54, 1.807) is 9.80 Å². The van der Waals surface area contributed by atoms with Crippen molar-refractivity contribution in [1.82, 2.24) is 24.7 Å². The molecule has 2 aromatic carbocycles. The number of likely N-dealkylation sites (tertiary alicyclic amines) is 2. The highest BCUT2D eigenvalue weighted by molar-refractivity contribution is 7.88. The van der Waals surface area contributed by atoms with Crippen LogP contribution in [0.2, 0.25) is 0 Å². The molecular weight excluding hydrogens is 659 g/mol. The number of nitrogens with two attached hydrogens (primary N) is 2. The highest BCUT2D eigenvalue weighted by Gasteiger charge is 2.49. The van der Waals surface area contributed by atoms with Crippen molar-refractivity contribution in [2.24, 2.45) is 23.3 Å². The van der Waals surface area contributed by atoms with Crippen LogP contribution in [0, 0.1) is 11.8 Å². The molecule has 3 aliphatic heterocycles. The predicted molar refractivity (Wildman–Crippen MR) is 190 cm³/mol. The van der Waals surface area contributed by atoms with Gasteiger partial charge < -0.3 is 31.9 Å². The SMILES string of the molecule is CC1CC(NC(=O)C(Cc2ccccc2)NC(=O)C(N)Cc2ccccc2)C(=O)N1C(CCCCN)C(=O)N1CC2CN(S(C)(=O)=O)CC2C1. The van der Waals surface area contributed by atoms with E-state index in [0.717, 1.165) is 11.1 Å². The molecule has 3 aliphatic rings. The molecule has 3 fully saturated rings. The number of sulfonamides is 1. The summed E-state index contributed by atoms with van der Waals surface area (Å²) in [6.45, 7) is 3.98. The van der Waals surface area contributed by atoms with Crippen molar-refractivity contribution in [3.05, 3.63) is 71.8 Å². The molecule has 7 unspecified atom stereocenters. The molecule has 5 rings (SSSR count). The van der Waals surface area contributed by atoms with Crippen LogP contribution >= 0.6 is 0 Å². The summed E-state index contributed by atoms with van der Waals surface area (Å²) in [5.74, 6) is -1.38. The summed E-state index contributed by atoms with van der Waals surface area (Å²) in [5.41, 5.74) is 13.8. The van der Waals surface area contributed by atoms with Gasteiger partial charge in [-0.15, -0.1) is 0 Å². The third-order valence-corrected chi connectivity index (χ3v) is 11.5. The fourth-order valence-electron chi connectivity index (χ4n) is 7.58. The molecule has 0 aliphatic carbocycles. The van der Waals surface area contributed by atoms with E-state index >= 15 is 0 Å². The molecule has 272 valence electrons. The second kappa shape index (κ2) is 16.4. The Kier molecular flexibility index (Phi) is 12.3. The first kappa shape index (κ1) is 37.4. The number of hydrogen-bond acceptors (Lipinski definition) is 8. The van der Waals surface area contributed by atoms with Gasteiger partial charge in [-0.05, 0) is 68.5 Å². The Bertz CT molecular complexity index is 1600. The number of fused-ring (bicyclic) bond motifs is 1. The number of nitrogens with one attached hydrogen (secondary N) is 2. The van der Waals surface area contributed by atoms with Gasteiger partial charge in [0.1, 0.15) is 18.1 Å².